The van der Waals surface area contributed by atoms with Crippen LogP contribution in [0.3, 0.4) is 0 Å². The van der Waals surface area contributed by atoms with E-state index < -0.39 is 8.32 Å². The van der Waals surface area contributed by atoms with Crippen molar-refractivity contribution in [1.29, 1.82) is 0 Å². The highest BCUT2D eigenvalue weighted by Crippen LogP contribution is 2.50. The molecule has 3 rings (SSSR count). The molecule has 0 heterocycles. The summed E-state index contributed by atoms with van der Waals surface area (Å²) in [6, 6.07) is 16.6. The van der Waals surface area contributed by atoms with Crippen molar-refractivity contribution in [3.63, 3.8) is 0 Å². The first-order chi connectivity index (χ1) is 13.2. The molecule has 0 saturated carbocycles. The minimum Gasteiger partial charge on any atom is -0.496 e. The summed E-state index contributed by atoms with van der Waals surface area (Å²) in [6.07, 6.45) is 0.716. The van der Waals surface area contributed by atoms with Gasteiger partial charge in [0, 0.05) is 23.1 Å². The predicted octanol–water partition coefficient (Wildman–Crippen LogP) is 6.68. The third kappa shape index (κ3) is 3.76. The molecular formula is C24H32O3Si. The zero-order valence-corrected chi connectivity index (χ0v) is 19.1. The third-order valence-electron chi connectivity index (χ3n) is 6.09. The predicted molar refractivity (Wildman–Crippen MR) is 119 cm³/mol. The largest absolute Gasteiger partial charge is 0.496 e. The van der Waals surface area contributed by atoms with Crippen molar-refractivity contribution < 1.29 is 13.9 Å². The molecule has 0 aliphatic heterocycles. The van der Waals surface area contributed by atoms with Crippen LogP contribution in [0.4, 0.5) is 0 Å². The van der Waals surface area contributed by atoms with E-state index in [1.54, 1.807) is 14.2 Å². The van der Waals surface area contributed by atoms with Gasteiger partial charge in [0.15, 0.2) is 8.32 Å². The monoisotopic (exact) mass is 396 g/mol. The molecule has 0 aromatic heterocycles. The first-order valence-corrected chi connectivity index (χ1v) is 12.8. The summed E-state index contributed by atoms with van der Waals surface area (Å²) in [5.74, 6) is 1.78. The maximum Gasteiger partial charge on any atom is 0.192 e. The van der Waals surface area contributed by atoms with Crippen molar-refractivity contribution in [1.82, 2.24) is 0 Å². The number of rotatable bonds is 5. The van der Waals surface area contributed by atoms with Crippen molar-refractivity contribution in [2.24, 2.45) is 0 Å². The summed E-state index contributed by atoms with van der Waals surface area (Å²) in [6.45, 7) is 11.4. The van der Waals surface area contributed by atoms with Crippen LogP contribution in [0.5, 0.6) is 5.75 Å². The van der Waals surface area contributed by atoms with Crippen molar-refractivity contribution in [3.8, 4) is 5.75 Å². The Kier molecular flexibility index (Phi) is 5.73. The van der Waals surface area contributed by atoms with E-state index in [2.05, 4.69) is 64.2 Å². The molecule has 1 atom stereocenters. The molecule has 150 valence electrons. The van der Waals surface area contributed by atoms with Gasteiger partial charge in [0.2, 0.25) is 0 Å². The van der Waals surface area contributed by atoms with E-state index >= 15 is 0 Å². The summed E-state index contributed by atoms with van der Waals surface area (Å²) >= 11 is 0. The van der Waals surface area contributed by atoms with Crippen LogP contribution in [-0.4, -0.2) is 22.5 Å². The fourth-order valence-corrected chi connectivity index (χ4v) is 4.82. The molecule has 0 N–H and O–H groups in total. The van der Waals surface area contributed by atoms with Crippen LogP contribution in [-0.2, 0) is 9.16 Å². The fourth-order valence-electron chi connectivity index (χ4n) is 3.55. The Balaban J connectivity index is 2.18. The molecule has 0 radical (unpaired) electrons. The van der Waals surface area contributed by atoms with E-state index in [-0.39, 0.29) is 11.1 Å². The molecule has 0 bridgehead atoms. The highest BCUT2D eigenvalue weighted by Gasteiger charge is 2.42. The van der Waals surface area contributed by atoms with Gasteiger partial charge in [-0.05, 0) is 29.8 Å². The van der Waals surface area contributed by atoms with Crippen LogP contribution >= 0.6 is 0 Å². The number of hydrogen-bond donors (Lipinski definition) is 0. The molecule has 1 aliphatic carbocycles. The average Bonchev–Trinajstić information content (AvgIpc) is 2.66. The molecule has 3 nitrogen and oxygen atoms in total. The Bertz CT molecular complexity index is 863. The first kappa shape index (κ1) is 20.7. The number of ether oxygens (including phenoxy) is 2. The van der Waals surface area contributed by atoms with Crippen LogP contribution < -0.4 is 4.74 Å². The molecule has 0 saturated heterocycles. The molecule has 0 spiro atoms. The maximum atomic E-state index is 6.93. The van der Waals surface area contributed by atoms with Gasteiger partial charge in [-0.15, -0.1) is 0 Å². The molecule has 2 aromatic rings. The molecule has 28 heavy (non-hydrogen) atoms. The van der Waals surface area contributed by atoms with Crippen molar-refractivity contribution in [3.05, 3.63) is 65.2 Å². The lowest BCUT2D eigenvalue weighted by Gasteiger charge is -2.41. The zero-order chi connectivity index (χ0) is 20.5. The second-order valence-electron chi connectivity index (χ2n) is 8.87. The Morgan fingerprint density at radius 3 is 2.14 bits per heavy atom. The Hall–Kier alpha value is -2.04. The normalized spacial score (nSPS) is 17.3. The van der Waals surface area contributed by atoms with Gasteiger partial charge in [-0.2, -0.15) is 0 Å². The van der Waals surface area contributed by atoms with Crippen LogP contribution in [0.2, 0.25) is 18.1 Å². The van der Waals surface area contributed by atoms with E-state index in [1.807, 2.05) is 18.2 Å². The second kappa shape index (κ2) is 7.76. The maximum absolute atomic E-state index is 6.93. The van der Waals surface area contributed by atoms with Crippen LogP contribution in [0.15, 0.2) is 48.5 Å². The third-order valence-corrected chi connectivity index (χ3v) is 10.6. The Morgan fingerprint density at radius 2 is 1.57 bits per heavy atom. The van der Waals surface area contributed by atoms with E-state index in [4.69, 9.17) is 13.9 Å². The van der Waals surface area contributed by atoms with E-state index in [1.165, 1.54) is 11.1 Å². The van der Waals surface area contributed by atoms with Crippen molar-refractivity contribution in [2.45, 2.75) is 51.4 Å². The van der Waals surface area contributed by atoms with Crippen molar-refractivity contribution >= 4 is 19.6 Å². The molecule has 4 heteroatoms. The fraction of sp³-hybridized carbons (Fsp3) is 0.417. The number of hydrogen-bond acceptors (Lipinski definition) is 3. The minimum atomic E-state index is -1.98. The van der Waals surface area contributed by atoms with Crippen LogP contribution in [0, 0.1) is 0 Å². The topological polar surface area (TPSA) is 27.7 Å². The highest BCUT2D eigenvalue weighted by molar-refractivity contribution is 6.74. The van der Waals surface area contributed by atoms with Gasteiger partial charge in [-0.3, -0.25) is 0 Å². The van der Waals surface area contributed by atoms with Gasteiger partial charge in [0.05, 0.1) is 20.3 Å². The summed E-state index contributed by atoms with van der Waals surface area (Å²) < 4.78 is 18.6. The molecule has 0 amide bonds. The lowest BCUT2D eigenvalue weighted by molar-refractivity contribution is 0.181. The zero-order valence-electron chi connectivity index (χ0n) is 18.1. The quantitative estimate of drug-likeness (QED) is 0.528. The molecule has 0 fully saturated rings. The van der Waals surface area contributed by atoms with Gasteiger partial charge in [-0.1, -0.05) is 63.2 Å². The minimum absolute atomic E-state index is 0.0545. The summed E-state index contributed by atoms with van der Waals surface area (Å²) in [4.78, 5) is 0. The summed E-state index contributed by atoms with van der Waals surface area (Å²) in [5.41, 5.74) is 4.53. The Labute approximate surface area is 170 Å². The van der Waals surface area contributed by atoms with Gasteiger partial charge in [0.1, 0.15) is 11.5 Å². The van der Waals surface area contributed by atoms with E-state index in [0.717, 1.165) is 29.1 Å². The molecule has 2 aromatic carbocycles. The van der Waals surface area contributed by atoms with Gasteiger partial charge < -0.3 is 13.9 Å². The molecular weight excluding hydrogens is 364 g/mol. The van der Waals surface area contributed by atoms with Crippen LogP contribution in [0.25, 0.3) is 11.3 Å². The van der Waals surface area contributed by atoms with E-state index in [9.17, 15) is 0 Å². The van der Waals surface area contributed by atoms with Gasteiger partial charge >= 0.3 is 0 Å². The average molecular weight is 397 g/mol. The molecule has 1 unspecified atom stereocenters. The van der Waals surface area contributed by atoms with Crippen molar-refractivity contribution in [2.75, 3.05) is 14.2 Å². The second-order valence-corrected chi connectivity index (χ2v) is 13.6. The van der Waals surface area contributed by atoms with Gasteiger partial charge in [-0.25, -0.2) is 0 Å². The summed E-state index contributed by atoms with van der Waals surface area (Å²) in [7, 11) is 1.49. The van der Waals surface area contributed by atoms with Gasteiger partial charge in [0.25, 0.3) is 0 Å². The first-order valence-electron chi connectivity index (χ1n) is 9.87. The molecule has 1 aliphatic rings. The highest BCUT2D eigenvalue weighted by atomic mass is 28.4. The lowest BCUT2D eigenvalue weighted by atomic mass is 9.84. The standard InChI is InChI=1S/C24H32O3Si/c1-24(2,3)28(6,7)27-21-16-19(17-12-9-8-10-13-17)23(26-5)18-14-11-15-20(25-4)22(18)21/h8-15,21H,16H2,1-7H3. The summed E-state index contributed by atoms with van der Waals surface area (Å²) in [5, 5.41) is 0.132. The van der Waals surface area contributed by atoms with Crippen LogP contribution in [0.1, 0.15) is 50.0 Å². The SMILES string of the molecule is COC1=C(c2ccccc2)CC(O[Si](C)(C)C(C)(C)C)c2c(OC)cccc21. The lowest BCUT2D eigenvalue weighted by Crippen LogP contribution is -2.42. The Morgan fingerprint density at radius 1 is 0.893 bits per heavy atom. The number of fused-ring (bicyclic) bond motifs is 1. The number of methoxy groups -OCH3 is 2. The number of benzene rings is 2. The van der Waals surface area contributed by atoms with E-state index in [0.29, 0.717) is 0 Å². The smallest absolute Gasteiger partial charge is 0.192 e.